The van der Waals surface area contributed by atoms with Gasteiger partial charge in [-0.15, -0.1) is 10.2 Å². The number of hydrogen-bond donors (Lipinski definition) is 1. The van der Waals surface area contributed by atoms with Crippen molar-refractivity contribution in [2.75, 3.05) is 5.32 Å². The molecule has 0 aliphatic carbocycles. The normalized spacial score (nSPS) is 11.0. The van der Waals surface area contributed by atoms with Gasteiger partial charge in [0.25, 0.3) is 5.56 Å². The SMILES string of the molecule is Cc1ccccc1-c1nnc(CNc2c(C)n(C)n(-c3ccccc3)c2=O)o1. The lowest BCUT2D eigenvalue weighted by Gasteiger charge is -2.07. The molecular formula is C21H21N5O2. The summed E-state index contributed by atoms with van der Waals surface area (Å²) in [5, 5.41) is 11.4. The van der Waals surface area contributed by atoms with Crippen LogP contribution in [0, 0.1) is 13.8 Å². The Labute approximate surface area is 162 Å². The highest BCUT2D eigenvalue weighted by Crippen LogP contribution is 2.22. The van der Waals surface area contributed by atoms with Gasteiger partial charge in [0.2, 0.25) is 11.8 Å². The Morgan fingerprint density at radius 3 is 2.46 bits per heavy atom. The molecule has 0 aliphatic heterocycles. The molecule has 0 saturated heterocycles. The lowest BCUT2D eigenvalue weighted by molar-refractivity contribution is 0.514. The molecule has 0 radical (unpaired) electrons. The highest BCUT2D eigenvalue weighted by molar-refractivity contribution is 5.57. The van der Waals surface area contributed by atoms with Crippen molar-refractivity contribution in [3.8, 4) is 17.1 Å². The van der Waals surface area contributed by atoms with Crippen molar-refractivity contribution in [3.05, 3.63) is 82.1 Å². The maximum Gasteiger partial charge on any atom is 0.295 e. The summed E-state index contributed by atoms with van der Waals surface area (Å²) in [4.78, 5) is 12.9. The van der Waals surface area contributed by atoms with Crippen molar-refractivity contribution in [2.24, 2.45) is 7.05 Å². The third-order valence-electron chi connectivity index (χ3n) is 4.81. The lowest BCUT2D eigenvalue weighted by atomic mass is 10.1. The van der Waals surface area contributed by atoms with Crippen LogP contribution in [0.15, 0.2) is 63.8 Å². The van der Waals surface area contributed by atoms with E-state index >= 15 is 0 Å². The molecule has 2 aromatic carbocycles. The molecule has 142 valence electrons. The molecule has 1 N–H and O–H groups in total. The fourth-order valence-electron chi connectivity index (χ4n) is 3.18. The molecule has 0 aliphatic rings. The largest absolute Gasteiger partial charge is 0.419 e. The van der Waals surface area contributed by atoms with Gasteiger partial charge in [0.15, 0.2) is 0 Å². The maximum atomic E-state index is 12.9. The standard InChI is InChI=1S/C21H21N5O2/c1-14-9-7-8-12-17(14)20-24-23-18(28-20)13-22-19-15(2)25(3)26(21(19)27)16-10-5-4-6-11-16/h4-12,22H,13H2,1-3H3. The van der Waals surface area contributed by atoms with Crippen molar-refractivity contribution < 1.29 is 4.42 Å². The van der Waals surface area contributed by atoms with E-state index in [1.807, 2.05) is 80.2 Å². The fraction of sp³-hybridized carbons (Fsp3) is 0.190. The summed E-state index contributed by atoms with van der Waals surface area (Å²) in [5.74, 6) is 0.897. The average Bonchev–Trinajstić information content (AvgIpc) is 3.25. The molecule has 0 fully saturated rings. The third-order valence-corrected chi connectivity index (χ3v) is 4.81. The summed E-state index contributed by atoms with van der Waals surface area (Å²) >= 11 is 0. The third kappa shape index (κ3) is 3.11. The van der Waals surface area contributed by atoms with Crippen molar-refractivity contribution >= 4 is 5.69 Å². The van der Waals surface area contributed by atoms with E-state index in [0.29, 0.717) is 17.5 Å². The van der Waals surface area contributed by atoms with Crippen LogP contribution in [-0.4, -0.2) is 19.6 Å². The second kappa shape index (κ2) is 7.19. The van der Waals surface area contributed by atoms with E-state index in [1.54, 1.807) is 4.68 Å². The summed E-state index contributed by atoms with van der Waals surface area (Å²) in [5.41, 5.74) is 4.00. The molecule has 2 heterocycles. The van der Waals surface area contributed by atoms with E-state index in [-0.39, 0.29) is 12.1 Å². The number of aromatic nitrogens is 4. The zero-order chi connectivity index (χ0) is 19.7. The number of anilines is 1. The second-order valence-corrected chi connectivity index (χ2v) is 6.61. The van der Waals surface area contributed by atoms with Crippen LogP contribution < -0.4 is 10.9 Å². The van der Waals surface area contributed by atoms with Crippen molar-refractivity contribution in [3.63, 3.8) is 0 Å². The quantitative estimate of drug-likeness (QED) is 0.578. The molecule has 28 heavy (non-hydrogen) atoms. The summed E-state index contributed by atoms with van der Waals surface area (Å²) in [7, 11) is 1.86. The molecule has 0 unspecified atom stereocenters. The van der Waals surface area contributed by atoms with Crippen LogP contribution in [0.5, 0.6) is 0 Å². The first-order valence-corrected chi connectivity index (χ1v) is 9.02. The minimum absolute atomic E-state index is 0.121. The highest BCUT2D eigenvalue weighted by atomic mass is 16.4. The first-order valence-electron chi connectivity index (χ1n) is 9.02. The van der Waals surface area contributed by atoms with Crippen molar-refractivity contribution in [1.29, 1.82) is 0 Å². The molecule has 7 heteroatoms. The van der Waals surface area contributed by atoms with Gasteiger partial charge in [0.1, 0.15) is 5.69 Å². The molecular weight excluding hydrogens is 354 g/mol. The van der Waals surface area contributed by atoms with Crippen LogP contribution in [0.3, 0.4) is 0 Å². The van der Waals surface area contributed by atoms with Gasteiger partial charge in [-0.25, -0.2) is 4.68 Å². The van der Waals surface area contributed by atoms with E-state index in [1.165, 1.54) is 0 Å². The van der Waals surface area contributed by atoms with E-state index in [4.69, 9.17) is 4.42 Å². The number of hydrogen-bond acceptors (Lipinski definition) is 5. The fourth-order valence-corrected chi connectivity index (χ4v) is 3.18. The Morgan fingerprint density at radius 2 is 1.71 bits per heavy atom. The lowest BCUT2D eigenvalue weighted by Crippen LogP contribution is -2.21. The summed E-state index contributed by atoms with van der Waals surface area (Å²) in [6.07, 6.45) is 0. The molecule has 4 rings (SSSR count). The number of nitrogens with one attached hydrogen (secondary N) is 1. The van der Waals surface area contributed by atoms with E-state index in [0.717, 1.165) is 22.5 Å². The first-order chi connectivity index (χ1) is 13.6. The minimum atomic E-state index is -0.121. The molecule has 0 bridgehead atoms. The highest BCUT2D eigenvalue weighted by Gasteiger charge is 2.17. The van der Waals surface area contributed by atoms with Crippen molar-refractivity contribution in [1.82, 2.24) is 19.6 Å². The number of nitrogens with zero attached hydrogens (tertiary/aromatic N) is 4. The molecule has 2 aromatic heterocycles. The van der Waals surface area contributed by atoms with Gasteiger partial charge < -0.3 is 9.73 Å². The Bertz CT molecular complexity index is 1170. The summed E-state index contributed by atoms with van der Waals surface area (Å²) < 4.78 is 9.23. The molecule has 0 atom stereocenters. The van der Waals surface area contributed by atoms with Gasteiger partial charge in [-0.1, -0.05) is 36.4 Å². The number of rotatable bonds is 5. The summed E-state index contributed by atoms with van der Waals surface area (Å²) in [6.45, 7) is 4.17. The Hall–Kier alpha value is -3.61. The van der Waals surface area contributed by atoms with Gasteiger partial charge in [0.05, 0.1) is 17.9 Å². The van der Waals surface area contributed by atoms with Crippen LogP contribution >= 0.6 is 0 Å². The zero-order valence-corrected chi connectivity index (χ0v) is 16.0. The second-order valence-electron chi connectivity index (χ2n) is 6.61. The number of aryl methyl sites for hydroxylation is 1. The van der Waals surface area contributed by atoms with Crippen LogP contribution in [-0.2, 0) is 13.6 Å². The monoisotopic (exact) mass is 375 g/mol. The summed E-state index contributed by atoms with van der Waals surface area (Å²) in [6, 6.07) is 17.4. The molecule has 0 spiro atoms. The Kier molecular flexibility index (Phi) is 4.57. The predicted octanol–water partition coefficient (Wildman–Crippen LogP) is 3.45. The average molecular weight is 375 g/mol. The smallest absolute Gasteiger partial charge is 0.295 e. The van der Waals surface area contributed by atoms with Crippen molar-refractivity contribution in [2.45, 2.75) is 20.4 Å². The molecule has 0 saturated carbocycles. The zero-order valence-electron chi connectivity index (χ0n) is 16.0. The first kappa shape index (κ1) is 17.8. The van der Waals surface area contributed by atoms with Gasteiger partial charge in [-0.3, -0.25) is 9.48 Å². The van der Waals surface area contributed by atoms with Crippen LogP contribution in [0.4, 0.5) is 5.69 Å². The minimum Gasteiger partial charge on any atom is -0.419 e. The van der Waals surface area contributed by atoms with Crippen LogP contribution in [0.25, 0.3) is 17.1 Å². The van der Waals surface area contributed by atoms with E-state index < -0.39 is 0 Å². The topological polar surface area (TPSA) is 77.9 Å². The van der Waals surface area contributed by atoms with E-state index in [2.05, 4.69) is 15.5 Å². The Morgan fingerprint density at radius 1 is 1.00 bits per heavy atom. The molecule has 0 amide bonds. The number of benzene rings is 2. The van der Waals surface area contributed by atoms with Gasteiger partial charge in [0, 0.05) is 12.6 Å². The maximum absolute atomic E-state index is 12.9. The van der Waals surface area contributed by atoms with Gasteiger partial charge >= 0.3 is 0 Å². The predicted molar refractivity (Wildman–Crippen MR) is 108 cm³/mol. The molecule has 7 nitrogen and oxygen atoms in total. The number of para-hydroxylation sites is 1. The van der Waals surface area contributed by atoms with E-state index in [9.17, 15) is 4.79 Å². The van der Waals surface area contributed by atoms with Gasteiger partial charge in [-0.05, 0) is 37.6 Å². The Balaban J connectivity index is 1.58. The van der Waals surface area contributed by atoms with Gasteiger partial charge in [-0.2, -0.15) is 0 Å². The van der Waals surface area contributed by atoms with Crippen LogP contribution in [0.1, 0.15) is 17.1 Å². The molecule has 4 aromatic rings. The van der Waals surface area contributed by atoms with Crippen LogP contribution in [0.2, 0.25) is 0 Å².